The summed E-state index contributed by atoms with van der Waals surface area (Å²) in [5, 5.41) is 13.1. The highest BCUT2D eigenvalue weighted by molar-refractivity contribution is 6.14. The quantitative estimate of drug-likeness (QED) is 0.256. The summed E-state index contributed by atoms with van der Waals surface area (Å²) in [6.07, 6.45) is 3.44. The van der Waals surface area contributed by atoms with Gasteiger partial charge < -0.3 is 34.4 Å². The number of carboxylic acids is 1. The fraction of sp³-hybridized carbons (Fsp3) is 0.167. The Morgan fingerprint density at radius 1 is 1.05 bits per heavy atom. The monoisotopic (exact) mass is 542 g/mol. The van der Waals surface area contributed by atoms with Crippen LogP contribution in [0.25, 0.3) is 17.0 Å². The molecule has 5 rings (SSSR count). The molecule has 204 valence electrons. The highest BCUT2D eigenvalue weighted by Gasteiger charge is 2.28. The maximum atomic E-state index is 12.8. The number of para-hydroxylation sites is 1. The van der Waals surface area contributed by atoms with E-state index in [9.17, 15) is 19.5 Å². The van der Waals surface area contributed by atoms with E-state index in [1.54, 1.807) is 42.6 Å². The molecule has 0 saturated heterocycles. The van der Waals surface area contributed by atoms with Gasteiger partial charge in [0.05, 0.1) is 19.8 Å². The summed E-state index contributed by atoms with van der Waals surface area (Å²) in [4.78, 5) is 40.3. The van der Waals surface area contributed by atoms with Gasteiger partial charge in [0, 0.05) is 29.6 Å². The number of ketones is 1. The van der Waals surface area contributed by atoms with Crippen molar-refractivity contribution in [3.05, 3.63) is 89.3 Å². The van der Waals surface area contributed by atoms with Crippen molar-refractivity contribution < 1.29 is 38.4 Å². The molecule has 1 aliphatic rings. The Bertz CT molecular complexity index is 1640. The molecule has 0 spiro atoms. The van der Waals surface area contributed by atoms with Crippen molar-refractivity contribution in [2.75, 3.05) is 20.8 Å². The molecule has 0 aliphatic carbocycles. The fourth-order valence-corrected chi connectivity index (χ4v) is 4.46. The van der Waals surface area contributed by atoms with E-state index in [1.165, 1.54) is 20.3 Å². The van der Waals surface area contributed by atoms with E-state index in [1.807, 2.05) is 24.3 Å². The minimum Gasteiger partial charge on any atom is -0.493 e. The summed E-state index contributed by atoms with van der Waals surface area (Å²) in [5.41, 5.74) is 2.70. The number of aromatic nitrogens is 1. The topological polar surface area (TPSA) is 136 Å². The SMILES string of the molecule is COc1ccc(C=C2Oc3cc(OCC(=O)NC(Cc4c[nH]c5ccccc45)C(=O)O)ccc3C2=O)cc1OC. The minimum absolute atomic E-state index is 0.106. The molecule has 1 aliphatic heterocycles. The summed E-state index contributed by atoms with van der Waals surface area (Å²) >= 11 is 0. The number of H-pyrrole nitrogens is 1. The molecular weight excluding hydrogens is 516 g/mol. The third kappa shape index (κ3) is 5.46. The lowest BCUT2D eigenvalue weighted by Gasteiger charge is -2.15. The van der Waals surface area contributed by atoms with Gasteiger partial charge in [0.2, 0.25) is 5.78 Å². The lowest BCUT2D eigenvalue weighted by molar-refractivity contribution is -0.142. The Balaban J connectivity index is 1.22. The van der Waals surface area contributed by atoms with Crippen LogP contribution in [-0.2, 0) is 16.0 Å². The second-order valence-electron chi connectivity index (χ2n) is 9.02. The summed E-state index contributed by atoms with van der Waals surface area (Å²) in [6.45, 7) is -0.418. The number of hydrogen-bond acceptors (Lipinski definition) is 7. The van der Waals surface area contributed by atoms with Gasteiger partial charge in [-0.3, -0.25) is 9.59 Å². The van der Waals surface area contributed by atoms with Crippen LogP contribution < -0.4 is 24.3 Å². The number of carboxylic acid groups (broad SMARTS) is 1. The number of rotatable bonds is 10. The third-order valence-electron chi connectivity index (χ3n) is 6.45. The van der Waals surface area contributed by atoms with E-state index in [-0.39, 0.29) is 29.5 Å². The van der Waals surface area contributed by atoms with Crippen molar-refractivity contribution in [2.45, 2.75) is 12.5 Å². The number of amides is 1. The van der Waals surface area contributed by atoms with Gasteiger partial charge in [-0.2, -0.15) is 0 Å². The van der Waals surface area contributed by atoms with E-state index in [0.29, 0.717) is 22.6 Å². The maximum absolute atomic E-state index is 12.8. The van der Waals surface area contributed by atoms with Crippen LogP contribution in [0.1, 0.15) is 21.5 Å². The molecule has 0 bridgehead atoms. The highest BCUT2D eigenvalue weighted by Crippen LogP contribution is 2.36. The van der Waals surface area contributed by atoms with Crippen molar-refractivity contribution in [1.29, 1.82) is 0 Å². The summed E-state index contributed by atoms with van der Waals surface area (Å²) < 4.78 is 21.9. The zero-order chi connectivity index (χ0) is 28.2. The second-order valence-corrected chi connectivity index (χ2v) is 9.02. The van der Waals surface area contributed by atoms with Gasteiger partial charge in [-0.25, -0.2) is 4.79 Å². The van der Waals surface area contributed by atoms with Crippen molar-refractivity contribution in [2.24, 2.45) is 0 Å². The highest BCUT2D eigenvalue weighted by atomic mass is 16.5. The average Bonchev–Trinajstić information content (AvgIpc) is 3.51. The van der Waals surface area contributed by atoms with Gasteiger partial charge in [-0.1, -0.05) is 24.3 Å². The van der Waals surface area contributed by atoms with Crippen LogP contribution in [0.2, 0.25) is 0 Å². The summed E-state index contributed by atoms with van der Waals surface area (Å²) in [6, 6.07) is 16.2. The third-order valence-corrected chi connectivity index (χ3v) is 6.45. The van der Waals surface area contributed by atoms with Gasteiger partial charge >= 0.3 is 5.97 Å². The van der Waals surface area contributed by atoms with Crippen LogP contribution in [0.3, 0.4) is 0 Å². The number of ether oxygens (including phenoxy) is 4. The summed E-state index contributed by atoms with van der Waals surface area (Å²) in [7, 11) is 3.06. The lowest BCUT2D eigenvalue weighted by Crippen LogP contribution is -2.44. The van der Waals surface area contributed by atoms with Gasteiger partial charge in [0.15, 0.2) is 23.9 Å². The fourth-order valence-electron chi connectivity index (χ4n) is 4.46. The number of carbonyl (C=O) groups excluding carboxylic acids is 2. The first-order chi connectivity index (χ1) is 19.4. The molecule has 3 N–H and O–H groups in total. The number of nitrogens with one attached hydrogen (secondary N) is 2. The largest absolute Gasteiger partial charge is 0.493 e. The van der Waals surface area contributed by atoms with Crippen molar-refractivity contribution >= 4 is 34.6 Å². The molecule has 0 saturated carbocycles. The Hall–Kier alpha value is -5.25. The zero-order valence-electron chi connectivity index (χ0n) is 21.7. The number of benzene rings is 3. The van der Waals surface area contributed by atoms with E-state index in [4.69, 9.17) is 18.9 Å². The van der Waals surface area contributed by atoms with Crippen molar-refractivity contribution in [3.63, 3.8) is 0 Å². The van der Waals surface area contributed by atoms with Crippen LogP contribution in [-0.4, -0.2) is 54.6 Å². The molecule has 40 heavy (non-hydrogen) atoms. The minimum atomic E-state index is -1.16. The Labute approximate surface area is 229 Å². The molecule has 1 unspecified atom stereocenters. The average molecular weight is 543 g/mol. The first-order valence-corrected chi connectivity index (χ1v) is 12.4. The van der Waals surface area contributed by atoms with E-state index < -0.39 is 24.5 Å². The van der Waals surface area contributed by atoms with Gasteiger partial charge in [-0.15, -0.1) is 0 Å². The molecule has 2 heterocycles. The Kier molecular flexibility index (Phi) is 7.41. The first-order valence-electron chi connectivity index (χ1n) is 12.4. The predicted molar refractivity (Wildman–Crippen MR) is 146 cm³/mol. The Morgan fingerprint density at radius 3 is 2.62 bits per heavy atom. The molecule has 10 nitrogen and oxygen atoms in total. The van der Waals surface area contributed by atoms with Crippen LogP contribution in [0.4, 0.5) is 0 Å². The number of carbonyl (C=O) groups is 3. The summed E-state index contributed by atoms with van der Waals surface area (Å²) in [5.74, 6) is -0.273. The number of aliphatic carboxylic acids is 1. The molecule has 0 fully saturated rings. The molecule has 1 aromatic heterocycles. The number of allylic oxidation sites excluding steroid dienone is 1. The van der Waals surface area contributed by atoms with E-state index in [0.717, 1.165) is 16.5 Å². The normalized spacial score (nSPS) is 13.9. The van der Waals surface area contributed by atoms with E-state index >= 15 is 0 Å². The second kappa shape index (κ2) is 11.2. The van der Waals surface area contributed by atoms with Crippen LogP contribution in [0, 0.1) is 0 Å². The van der Waals surface area contributed by atoms with Crippen LogP contribution in [0.5, 0.6) is 23.0 Å². The molecule has 10 heteroatoms. The number of hydrogen-bond donors (Lipinski definition) is 3. The number of methoxy groups -OCH3 is 2. The zero-order valence-corrected chi connectivity index (χ0v) is 21.7. The molecule has 3 aromatic carbocycles. The molecule has 1 amide bonds. The van der Waals surface area contributed by atoms with E-state index in [2.05, 4.69) is 10.3 Å². The number of Topliss-reactive ketones (excluding diaryl/α,β-unsaturated/α-hetero) is 1. The van der Waals surface area contributed by atoms with Gasteiger partial charge in [0.25, 0.3) is 5.91 Å². The van der Waals surface area contributed by atoms with Gasteiger partial charge in [-0.05, 0) is 47.5 Å². The predicted octanol–water partition coefficient (Wildman–Crippen LogP) is 3.99. The number of fused-ring (bicyclic) bond motifs is 2. The lowest BCUT2D eigenvalue weighted by atomic mass is 10.1. The van der Waals surface area contributed by atoms with Gasteiger partial charge in [0.1, 0.15) is 17.5 Å². The first kappa shape index (κ1) is 26.4. The van der Waals surface area contributed by atoms with Crippen LogP contribution >= 0.6 is 0 Å². The number of aromatic amines is 1. The van der Waals surface area contributed by atoms with Crippen molar-refractivity contribution in [1.82, 2.24) is 10.3 Å². The Morgan fingerprint density at radius 2 is 1.85 bits per heavy atom. The molecule has 4 aromatic rings. The van der Waals surface area contributed by atoms with Crippen LogP contribution in [0.15, 0.2) is 72.6 Å². The molecule has 1 atom stereocenters. The van der Waals surface area contributed by atoms with Crippen molar-refractivity contribution in [3.8, 4) is 23.0 Å². The standard InChI is InChI=1S/C30H26N2O8/c1-37-24-10-7-17(11-26(24)38-2)12-27-29(34)21-9-8-19(14-25(21)40-27)39-16-28(33)32-23(30(35)36)13-18-15-31-22-6-4-3-5-20(18)22/h3-12,14-15,23,31H,13,16H2,1-2H3,(H,32,33)(H,35,36). The molecule has 0 radical (unpaired) electrons. The smallest absolute Gasteiger partial charge is 0.326 e. The molecular formula is C30H26N2O8. The maximum Gasteiger partial charge on any atom is 0.326 e.